The molecule has 1 aliphatic heterocycles. The van der Waals surface area contributed by atoms with Crippen molar-refractivity contribution < 1.29 is 22.0 Å². The van der Waals surface area contributed by atoms with Crippen LogP contribution in [0.1, 0.15) is 23.1 Å². The predicted molar refractivity (Wildman–Crippen MR) is 90.2 cm³/mol. The van der Waals surface area contributed by atoms with Gasteiger partial charge >= 0.3 is 6.18 Å². The smallest absolute Gasteiger partial charge is 0.298 e. The molecule has 1 unspecified atom stereocenters. The fraction of sp³-hybridized carbons (Fsp3) is 0.368. The normalized spacial score (nSPS) is 21.3. The quantitative estimate of drug-likeness (QED) is 0.485. The molecular formula is C19H17ClF5N. The third kappa shape index (κ3) is 3.21. The van der Waals surface area contributed by atoms with Crippen LogP contribution in [0.2, 0.25) is 5.02 Å². The van der Waals surface area contributed by atoms with Crippen molar-refractivity contribution in [2.24, 2.45) is 0 Å². The van der Waals surface area contributed by atoms with E-state index in [1.165, 1.54) is 0 Å². The molecule has 26 heavy (non-hydrogen) atoms. The number of alkyl halides is 3. The summed E-state index contributed by atoms with van der Waals surface area (Å²) in [6.45, 7) is 1.18. The number of likely N-dealkylation sites (tertiary alicyclic amines) is 1. The van der Waals surface area contributed by atoms with Gasteiger partial charge in [0.2, 0.25) is 0 Å². The average Bonchev–Trinajstić information content (AvgIpc) is 3.02. The van der Waals surface area contributed by atoms with Gasteiger partial charge in [0.05, 0.1) is 5.02 Å². The van der Waals surface area contributed by atoms with E-state index in [1.54, 1.807) is 4.90 Å². The van der Waals surface area contributed by atoms with Crippen molar-refractivity contribution in [1.29, 1.82) is 0 Å². The molecule has 0 aliphatic carbocycles. The van der Waals surface area contributed by atoms with E-state index in [9.17, 15) is 22.0 Å². The minimum Gasteiger partial charge on any atom is -0.298 e. The Labute approximate surface area is 153 Å². The van der Waals surface area contributed by atoms with E-state index < -0.39 is 45.9 Å². The standard InChI is InChI=1S/C19H17ClF5N/c1-12-16(21)14(9-15(20)17(12)22)18(19(23,24)25)7-8-26(11-18)10-13-5-3-2-4-6-13/h2-6,9H,7-8,10-11H2,1H3. The van der Waals surface area contributed by atoms with Gasteiger partial charge in [-0.15, -0.1) is 0 Å². The van der Waals surface area contributed by atoms with E-state index in [0.29, 0.717) is 6.54 Å². The van der Waals surface area contributed by atoms with Crippen LogP contribution in [0.15, 0.2) is 36.4 Å². The lowest BCUT2D eigenvalue weighted by Gasteiger charge is -2.33. The molecule has 2 aromatic rings. The molecule has 1 nitrogen and oxygen atoms in total. The SMILES string of the molecule is Cc1c(F)c(Cl)cc(C2(C(F)(F)F)CCN(Cc3ccccc3)C2)c1F. The Morgan fingerprint density at radius 2 is 1.77 bits per heavy atom. The van der Waals surface area contributed by atoms with Crippen molar-refractivity contribution in [1.82, 2.24) is 4.90 Å². The minimum atomic E-state index is -4.69. The van der Waals surface area contributed by atoms with Crippen LogP contribution in [-0.2, 0) is 12.0 Å². The second-order valence-corrected chi connectivity index (χ2v) is 7.09. The molecule has 1 fully saturated rings. The van der Waals surface area contributed by atoms with E-state index in [1.807, 2.05) is 30.3 Å². The molecule has 7 heteroatoms. The van der Waals surface area contributed by atoms with Crippen LogP contribution >= 0.6 is 11.6 Å². The third-order valence-corrected chi connectivity index (χ3v) is 5.31. The van der Waals surface area contributed by atoms with Gasteiger partial charge in [0, 0.05) is 24.2 Å². The first kappa shape index (κ1) is 19.1. The van der Waals surface area contributed by atoms with E-state index in [0.717, 1.165) is 18.6 Å². The van der Waals surface area contributed by atoms with Gasteiger partial charge in [0.15, 0.2) is 0 Å². The summed E-state index contributed by atoms with van der Waals surface area (Å²) in [7, 11) is 0. The van der Waals surface area contributed by atoms with Gasteiger partial charge < -0.3 is 0 Å². The first-order valence-corrected chi connectivity index (χ1v) is 8.51. The molecule has 0 aromatic heterocycles. The minimum absolute atomic E-state index is 0.155. The Morgan fingerprint density at radius 3 is 2.38 bits per heavy atom. The molecule has 0 spiro atoms. The maximum Gasteiger partial charge on any atom is 0.399 e. The number of rotatable bonds is 3. The lowest BCUT2D eigenvalue weighted by atomic mass is 9.78. The van der Waals surface area contributed by atoms with Gasteiger partial charge in [-0.05, 0) is 31.5 Å². The highest BCUT2D eigenvalue weighted by Crippen LogP contribution is 2.49. The zero-order chi connectivity index (χ0) is 19.1. The molecule has 2 aromatic carbocycles. The zero-order valence-electron chi connectivity index (χ0n) is 14.0. The average molecular weight is 390 g/mol. The van der Waals surface area contributed by atoms with Crippen molar-refractivity contribution in [3.63, 3.8) is 0 Å². The van der Waals surface area contributed by atoms with E-state index in [4.69, 9.17) is 11.6 Å². The first-order valence-electron chi connectivity index (χ1n) is 8.13. The van der Waals surface area contributed by atoms with Crippen LogP contribution in [0, 0.1) is 18.6 Å². The number of halogens is 6. The van der Waals surface area contributed by atoms with Crippen LogP contribution in [0.3, 0.4) is 0 Å². The van der Waals surface area contributed by atoms with Crippen LogP contribution in [-0.4, -0.2) is 24.2 Å². The molecule has 1 saturated heterocycles. The molecule has 0 radical (unpaired) electrons. The fourth-order valence-electron chi connectivity index (χ4n) is 3.55. The topological polar surface area (TPSA) is 3.24 Å². The second-order valence-electron chi connectivity index (χ2n) is 6.69. The molecule has 3 rings (SSSR count). The van der Waals surface area contributed by atoms with Crippen molar-refractivity contribution in [3.05, 3.63) is 69.7 Å². The molecule has 1 heterocycles. The third-order valence-electron chi connectivity index (χ3n) is 5.03. The lowest BCUT2D eigenvalue weighted by molar-refractivity contribution is -0.188. The van der Waals surface area contributed by atoms with Crippen molar-refractivity contribution in [2.75, 3.05) is 13.1 Å². The summed E-state index contributed by atoms with van der Waals surface area (Å²) in [5.74, 6) is -2.20. The summed E-state index contributed by atoms with van der Waals surface area (Å²) >= 11 is 5.73. The Hall–Kier alpha value is -1.66. The van der Waals surface area contributed by atoms with E-state index in [2.05, 4.69) is 0 Å². The summed E-state index contributed by atoms with van der Waals surface area (Å²) in [5.41, 5.74) is -2.60. The Kier molecular flexibility index (Phi) is 5.01. The molecule has 140 valence electrons. The van der Waals surface area contributed by atoms with Crippen molar-refractivity contribution in [3.8, 4) is 0 Å². The maximum atomic E-state index is 14.6. The molecule has 0 amide bonds. The van der Waals surface area contributed by atoms with Gasteiger partial charge in [-0.3, -0.25) is 4.90 Å². The van der Waals surface area contributed by atoms with Crippen LogP contribution in [0.4, 0.5) is 22.0 Å². The first-order chi connectivity index (χ1) is 12.2. The summed E-state index contributed by atoms with van der Waals surface area (Å²) in [6.07, 6.45) is -4.99. The lowest BCUT2D eigenvalue weighted by Crippen LogP contribution is -2.45. The molecule has 1 aliphatic rings. The number of benzene rings is 2. The van der Waals surface area contributed by atoms with E-state index >= 15 is 0 Å². The van der Waals surface area contributed by atoms with Crippen LogP contribution in [0.25, 0.3) is 0 Å². The van der Waals surface area contributed by atoms with Gasteiger partial charge in [0.25, 0.3) is 0 Å². The second kappa shape index (κ2) is 6.82. The monoisotopic (exact) mass is 389 g/mol. The van der Waals surface area contributed by atoms with Crippen molar-refractivity contribution in [2.45, 2.75) is 31.5 Å². The zero-order valence-corrected chi connectivity index (χ0v) is 14.8. The number of hydrogen-bond acceptors (Lipinski definition) is 1. The molecule has 0 bridgehead atoms. The highest BCUT2D eigenvalue weighted by molar-refractivity contribution is 6.30. The number of hydrogen-bond donors (Lipinski definition) is 0. The molecule has 0 saturated carbocycles. The summed E-state index contributed by atoms with van der Waals surface area (Å²) in [5, 5.41) is -0.496. The highest BCUT2D eigenvalue weighted by atomic mass is 35.5. The van der Waals surface area contributed by atoms with E-state index in [-0.39, 0.29) is 13.0 Å². The molecule has 0 N–H and O–H groups in total. The molecule has 1 atom stereocenters. The van der Waals surface area contributed by atoms with Gasteiger partial charge in [-0.1, -0.05) is 41.9 Å². The Balaban J connectivity index is 2.00. The summed E-state index contributed by atoms with van der Waals surface area (Å²) in [4.78, 5) is 1.63. The predicted octanol–water partition coefficient (Wildman–Crippen LogP) is 5.63. The summed E-state index contributed by atoms with van der Waals surface area (Å²) < 4.78 is 70.5. The largest absolute Gasteiger partial charge is 0.399 e. The number of nitrogens with zero attached hydrogens (tertiary/aromatic N) is 1. The van der Waals surface area contributed by atoms with Gasteiger partial charge in [-0.2, -0.15) is 13.2 Å². The Morgan fingerprint density at radius 1 is 1.12 bits per heavy atom. The maximum absolute atomic E-state index is 14.6. The highest BCUT2D eigenvalue weighted by Gasteiger charge is 2.60. The molecular weight excluding hydrogens is 373 g/mol. The van der Waals surface area contributed by atoms with Crippen molar-refractivity contribution >= 4 is 11.6 Å². The Bertz CT molecular complexity index is 806. The van der Waals surface area contributed by atoms with Gasteiger partial charge in [-0.25, -0.2) is 8.78 Å². The fourth-order valence-corrected chi connectivity index (χ4v) is 3.80. The van der Waals surface area contributed by atoms with Crippen LogP contribution in [0.5, 0.6) is 0 Å². The van der Waals surface area contributed by atoms with Crippen LogP contribution < -0.4 is 0 Å². The summed E-state index contributed by atoms with van der Waals surface area (Å²) in [6, 6.07) is 9.89. The van der Waals surface area contributed by atoms with Gasteiger partial charge in [0.1, 0.15) is 17.0 Å².